The molecule has 0 spiro atoms. The van der Waals surface area contributed by atoms with Crippen molar-refractivity contribution in [3.05, 3.63) is 30.5 Å². The monoisotopic (exact) mass is 342 g/mol. The van der Waals surface area contributed by atoms with Crippen molar-refractivity contribution >= 4 is 16.8 Å². The molecule has 1 aliphatic heterocycles. The molecule has 25 heavy (non-hydrogen) atoms. The van der Waals surface area contributed by atoms with E-state index in [9.17, 15) is 9.90 Å². The van der Waals surface area contributed by atoms with E-state index in [0.29, 0.717) is 26.1 Å². The fraction of sp³-hybridized carbons (Fsp3) is 0.550. The van der Waals surface area contributed by atoms with Crippen molar-refractivity contribution in [1.29, 1.82) is 0 Å². The van der Waals surface area contributed by atoms with Gasteiger partial charge < -0.3 is 19.3 Å². The van der Waals surface area contributed by atoms with Crippen molar-refractivity contribution in [3.63, 3.8) is 0 Å². The number of fused-ring (bicyclic) bond motifs is 2. The Morgan fingerprint density at radius 2 is 2.20 bits per heavy atom. The van der Waals surface area contributed by atoms with Crippen LogP contribution in [0.5, 0.6) is 5.75 Å². The van der Waals surface area contributed by atoms with Crippen LogP contribution in [0, 0.1) is 5.92 Å². The van der Waals surface area contributed by atoms with E-state index in [4.69, 9.17) is 4.74 Å². The van der Waals surface area contributed by atoms with Gasteiger partial charge in [-0.05, 0) is 37.5 Å². The fourth-order valence-corrected chi connectivity index (χ4v) is 4.55. The fourth-order valence-electron chi connectivity index (χ4n) is 4.55. The molecule has 0 bridgehead atoms. The van der Waals surface area contributed by atoms with Crippen LogP contribution in [-0.4, -0.2) is 46.3 Å². The van der Waals surface area contributed by atoms with E-state index < -0.39 is 5.60 Å². The molecule has 2 heterocycles. The van der Waals surface area contributed by atoms with Gasteiger partial charge in [0.25, 0.3) is 0 Å². The number of nitrogens with zero attached hydrogens (tertiary/aromatic N) is 2. The Bertz CT molecular complexity index is 784. The van der Waals surface area contributed by atoms with Crippen LogP contribution in [0.15, 0.2) is 30.5 Å². The van der Waals surface area contributed by atoms with Gasteiger partial charge in [0.05, 0.1) is 18.2 Å². The van der Waals surface area contributed by atoms with Crippen LogP contribution in [0.25, 0.3) is 10.9 Å². The lowest BCUT2D eigenvalue weighted by Crippen LogP contribution is -2.55. The number of ether oxygens (including phenoxy) is 1. The molecule has 2 fully saturated rings. The molecule has 1 aliphatic carbocycles. The van der Waals surface area contributed by atoms with Gasteiger partial charge in [0.15, 0.2) is 0 Å². The first-order valence-corrected chi connectivity index (χ1v) is 9.23. The molecule has 1 amide bonds. The second-order valence-electron chi connectivity index (χ2n) is 7.47. The maximum absolute atomic E-state index is 12.8. The highest BCUT2D eigenvalue weighted by atomic mass is 16.5. The highest BCUT2D eigenvalue weighted by Gasteiger charge is 2.43. The van der Waals surface area contributed by atoms with E-state index in [1.807, 2.05) is 39.9 Å². The largest absolute Gasteiger partial charge is 0.496 e. The van der Waals surface area contributed by atoms with Crippen molar-refractivity contribution in [2.45, 2.75) is 44.2 Å². The van der Waals surface area contributed by atoms with Gasteiger partial charge in [-0.15, -0.1) is 0 Å². The Morgan fingerprint density at radius 3 is 3.04 bits per heavy atom. The third-order valence-corrected chi connectivity index (χ3v) is 6.08. The number of carbonyl (C=O) groups is 1. The summed E-state index contributed by atoms with van der Waals surface area (Å²) in [7, 11) is 1.66. The van der Waals surface area contributed by atoms with Gasteiger partial charge in [-0.3, -0.25) is 4.79 Å². The number of carbonyl (C=O) groups excluding carboxylic acids is 1. The maximum Gasteiger partial charge on any atom is 0.242 e. The minimum Gasteiger partial charge on any atom is -0.496 e. The van der Waals surface area contributed by atoms with E-state index in [-0.39, 0.29) is 11.8 Å². The second kappa shape index (κ2) is 6.37. The first kappa shape index (κ1) is 16.5. The summed E-state index contributed by atoms with van der Waals surface area (Å²) in [5.41, 5.74) is 0.474. The molecule has 0 unspecified atom stereocenters. The summed E-state index contributed by atoms with van der Waals surface area (Å²) in [6.45, 7) is 1.69. The van der Waals surface area contributed by atoms with Crippen molar-refractivity contribution < 1.29 is 14.6 Å². The van der Waals surface area contributed by atoms with Gasteiger partial charge in [0.2, 0.25) is 5.91 Å². The van der Waals surface area contributed by atoms with Crippen molar-refractivity contribution in [2.24, 2.45) is 5.92 Å². The Morgan fingerprint density at radius 1 is 1.32 bits per heavy atom. The van der Waals surface area contributed by atoms with E-state index in [0.717, 1.165) is 42.3 Å². The molecule has 5 nitrogen and oxygen atoms in total. The summed E-state index contributed by atoms with van der Waals surface area (Å²) < 4.78 is 7.38. The Kier molecular flexibility index (Phi) is 4.20. The number of hydrogen-bond donors (Lipinski definition) is 1. The van der Waals surface area contributed by atoms with Gasteiger partial charge in [-0.1, -0.05) is 18.9 Å². The van der Waals surface area contributed by atoms with Crippen LogP contribution in [0.3, 0.4) is 0 Å². The number of aliphatic hydroxyl groups is 1. The molecule has 1 aromatic carbocycles. The van der Waals surface area contributed by atoms with Crippen LogP contribution in [0.1, 0.15) is 32.1 Å². The van der Waals surface area contributed by atoms with Gasteiger partial charge >= 0.3 is 0 Å². The predicted octanol–water partition coefficient (Wildman–Crippen LogP) is 2.80. The zero-order valence-electron chi connectivity index (χ0n) is 14.8. The molecule has 2 aromatic rings. The van der Waals surface area contributed by atoms with Crippen molar-refractivity contribution in [3.8, 4) is 5.75 Å². The number of likely N-dealkylation sites (tertiary alicyclic amines) is 1. The molecule has 4 rings (SSSR count). The molecule has 1 saturated heterocycles. The highest BCUT2D eigenvalue weighted by Crippen LogP contribution is 2.39. The summed E-state index contributed by atoms with van der Waals surface area (Å²) in [5.74, 6) is 1.20. The molecule has 2 aliphatic rings. The van der Waals surface area contributed by atoms with Crippen LogP contribution < -0.4 is 4.74 Å². The van der Waals surface area contributed by atoms with Crippen LogP contribution in [-0.2, 0) is 11.3 Å². The predicted molar refractivity (Wildman–Crippen MR) is 96.6 cm³/mol. The van der Waals surface area contributed by atoms with E-state index >= 15 is 0 Å². The van der Waals surface area contributed by atoms with Crippen molar-refractivity contribution in [2.75, 3.05) is 20.2 Å². The first-order valence-electron chi connectivity index (χ1n) is 9.23. The van der Waals surface area contributed by atoms with Crippen LogP contribution in [0.4, 0.5) is 0 Å². The lowest BCUT2D eigenvalue weighted by atomic mass is 9.71. The number of methoxy groups -OCH3 is 1. The first-order chi connectivity index (χ1) is 12.1. The zero-order valence-corrected chi connectivity index (χ0v) is 14.8. The van der Waals surface area contributed by atoms with E-state index in [2.05, 4.69) is 0 Å². The average molecular weight is 342 g/mol. The number of rotatable bonds is 3. The van der Waals surface area contributed by atoms with Crippen molar-refractivity contribution in [1.82, 2.24) is 9.47 Å². The SMILES string of the molecule is COc1cccc2c1ccn2CC(=O)N1CC[C@]2(O)CCCC[C@@H]2C1. The minimum atomic E-state index is -0.539. The van der Waals surface area contributed by atoms with Crippen LogP contribution in [0.2, 0.25) is 0 Å². The summed E-state index contributed by atoms with van der Waals surface area (Å²) in [4.78, 5) is 14.8. The summed E-state index contributed by atoms with van der Waals surface area (Å²) >= 11 is 0. The van der Waals surface area contributed by atoms with Gasteiger partial charge in [-0.25, -0.2) is 0 Å². The minimum absolute atomic E-state index is 0.132. The zero-order chi connectivity index (χ0) is 17.4. The molecule has 1 aromatic heterocycles. The number of aromatic nitrogens is 1. The Labute approximate surface area is 148 Å². The second-order valence-corrected chi connectivity index (χ2v) is 7.47. The van der Waals surface area contributed by atoms with Gasteiger partial charge in [0, 0.05) is 30.6 Å². The number of hydrogen-bond acceptors (Lipinski definition) is 3. The quantitative estimate of drug-likeness (QED) is 0.933. The van der Waals surface area contributed by atoms with E-state index in [1.165, 1.54) is 0 Å². The molecule has 1 N–H and O–H groups in total. The number of benzene rings is 1. The number of piperidine rings is 1. The molecule has 2 atom stereocenters. The molecular weight excluding hydrogens is 316 g/mol. The number of amides is 1. The Balaban J connectivity index is 1.49. The molecule has 5 heteroatoms. The summed E-state index contributed by atoms with van der Waals surface area (Å²) in [6, 6.07) is 7.90. The maximum atomic E-state index is 12.8. The normalized spacial score (nSPS) is 26.5. The Hall–Kier alpha value is -2.01. The smallest absolute Gasteiger partial charge is 0.242 e. The summed E-state index contributed by atoms with van der Waals surface area (Å²) in [5, 5.41) is 11.8. The van der Waals surface area contributed by atoms with Gasteiger partial charge in [-0.2, -0.15) is 0 Å². The highest BCUT2D eigenvalue weighted by molar-refractivity contribution is 5.88. The third kappa shape index (κ3) is 2.91. The third-order valence-electron chi connectivity index (χ3n) is 6.08. The molecule has 1 saturated carbocycles. The van der Waals surface area contributed by atoms with Crippen LogP contribution >= 0.6 is 0 Å². The lowest BCUT2D eigenvalue weighted by Gasteiger charge is -2.47. The molecule has 134 valence electrons. The van der Waals surface area contributed by atoms with E-state index in [1.54, 1.807) is 7.11 Å². The standard InChI is InChI=1S/C20H26N2O3/c1-25-18-7-4-6-17-16(18)8-11-21(17)14-19(23)22-12-10-20(24)9-3-2-5-15(20)13-22/h4,6-8,11,15,24H,2-3,5,9-10,12-14H2,1H3/t15-,20-/m1/s1. The lowest BCUT2D eigenvalue weighted by molar-refractivity contribution is -0.143. The average Bonchev–Trinajstić information content (AvgIpc) is 3.04. The molecule has 0 radical (unpaired) electrons. The summed E-state index contributed by atoms with van der Waals surface area (Å²) in [6.07, 6.45) is 6.86. The van der Waals surface area contributed by atoms with Gasteiger partial charge in [0.1, 0.15) is 12.3 Å². The molecular formula is C20H26N2O3. The topological polar surface area (TPSA) is 54.7 Å².